The van der Waals surface area contributed by atoms with E-state index in [-0.39, 0.29) is 6.04 Å². The summed E-state index contributed by atoms with van der Waals surface area (Å²) in [6.45, 7) is 2.73. The third-order valence-electron chi connectivity index (χ3n) is 4.33. The van der Waals surface area contributed by atoms with Gasteiger partial charge in [-0.3, -0.25) is 0 Å². The maximum absolute atomic E-state index is 6.25. The van der Waals surface area contributed by atoms with Gasteiger partial charge in [0, 0.05) is 23.4 Å². The van der Waals surface area contributed by atoms with Gasteiger partial charge in [0.2, 0.25) is 0 Å². The average Bonchev–Trinajstić information content (AvgIpc) is 3.10. The normalized spacial score (nSPS) is 12.2. The van der Waals surface area contributed by atoms with Gasteiger partial charge in [0.15, 0.2) is 0 Å². The lowest BCUT2D eigenvalue weighted by Gasteiger charge is -2.13. The number of hydrogen-bond acceptors (Lipinski definition) is 5. The molecule has 3 N–H and O–H groups in total. The Morgan fingerprint density at radius 3 is 2.73 bits per heavy atom. The first-order valence-electron chi connectivity index (χ1n) is 8.56. The molecular weight excluding hydrogens is 340 g/mol. The zero-order chi connectivity index (χ0) is 17.9. The van der Waals surface area contributed by atoms with Crippen LogP contribution in [0, 0.1) is 6.92 Å². The molecule has 2 aromatic carbocycles. The van der Waals surface area contributed by atoms with Crippen LogP contribution < -0.4 is 11.1 Å². The van der Waals surface area contributed by atoms with Crippen LogP contribution in [-0.2, 0) is 0 Å². The van der Waals surface area contributed by atoms with E-state index in [1.54, 1.807) is 17.7 Å². The third kappa shape index (κ3) is 3.59. The lowest BCUT2D eigenvalue weighted by molar-refractivity contribution is 0.761. The number of aromatic nitrogens is 2. The van der Waals surface area contributed by atoms with Crippen molar-refractivity contribution in [3.63, 3.8) is 0 Å². The summed E-state index contributed by atoms with van der Waals surface area (Å²) in [6.07, 6.45) is 1.60. The van der Waals surface area contributed by atoms with Crippen molar-refractivity contribution in [3.8, 4) is 10.6 Å². The van der Waals surface area contributed by atoms with Crippen molar-refractivity contribution in [2.75, 3.05) is 11.9 Å². The first-order valence-corrected chi connectivity index (χ1v) is 9.38. The fourth-order valence-corrected chi connectivity index (χ4v) is 4.01. The Kier molecular flexibility index (Phi) is 4.65. The van der Waals surface area contributed by atoms with E-state index < -0.39 is 0 Å². The number of nitrogens with zero attached hydrogens (tertiary/aromatic N) is 2. The first kappa shape index (κ1) is 16.7. The van der Waals surface area contributed by atoms with Crippen LogP contribution in [0.5, 0.6) is 0 Å². The number of benzene rings is 2. The molecule has 2 aromatic heterocycles. The maximum atomic E-state index is 6.25. The lowest BCUT2D eigenvalue weighted by Crippen LogP contribution is -2.20. The molecule has 0 aliphatic rings. The average molecular weight is 360 g/mol. The molecule has 4 rings (SSSR count). The molecule has 0 aliphatic heterocycles. The molecular formula is C21H20N4S. The second-order valence-electron chi connectivity index (χ2n) is 6.34. The third-order valence-corrected chi connectivity index (χ3v) is 5.45. The number of fused-ring (bicyclic) bond motifs is 1. The summed E-state index contributed by atoms with van der Waals surface area (Å²) in [4.78, 5) is 9.91. The molecule has 2 heterocycles. The van der Waals surface area contributed by atoms with Gasteiger partial charge in [-0.15, -0.1) is 11.3 Å². The molecule has 0 saturated heterocycles. The van der Waals surface area contributed by atoms with Crippen molar-refractivity contribution in [1.29, 1.82) is 0 Å². The molecule has 4 nitrogen and oxygen atoms in total. The summed E-state index contributed by atoms with van der Waals surface area (Å²) in [7, 11) is 0. The Labute approximate surface area is 156 Å². The molecule has 0 fully saturated rings. The summed E-state index contributed by atoms with van der Waals surface area (Å²) in [6, 6.07) is 20.7. The van der Waals surface area contributed by atoms with Crippen molar-refractivity contribution < 1.29 is 0 Å². The van der Waals surface area contributed by atoms with E-state index in [1.807, 2.05) is 36.4 Å². The van der Waals surface area contributed by atoms with Gasteiger partial charge < -0.3 is 11.1 Å². The van der Waals surface area contributed by atoms with E-state index in [2.05, 4.69) is 46.5 Å². The van der Waals surface area contributed by atoms with Crippen molar-refractivity contribution >= 4 is 27.2 Å². The first-order chi connectivity index (χ1) is 12.7. The smallest absolute Gasteiger partial charge is 0.130 e. The molecule has 0 aliphatic carbocycles. The van der Waals surface area contributed by atoms with E-state index in [1.165, 1.54) is 15.6 Å². The van der Waals surface area contributed by atoms with E-state index in [0.29, 0.717) is 6.54 Å². The Morgan fingerprint density at radius 2 is 1.88 bits per heavy atom. The molecule has 0 bridgehead atoms. The largest absolute Gasteiger partial charge is 0.368 e. The van der Waals surface area contributed by atoms with Crippen molar-refractivity contribution in [2.45, 2.75) is 13.0 Å². The molecule has 26 heavy (non-hydrogen) atoms. The Bertz CT molecular complexity index is 1030. The standard InChI is InChI=1S/C21H20N4S/c1-14-7-8-16-10-20(26-19(16)9-14)18-11-21(25-13-24-18)23-12-17(22)15-5-3-2-4-6-15/h2-11,13,17H,12,22H2,1H3,(H,23,24,25)/t17-/m0/s1. The zero-order valence-electron chi connectivity index (χ0n) is 14.5. The summed E-state index contributed by atoms with van der Waals surface area (Å²) in [5.41, 5.74) is 9.55. The maximum Gasteiger partial charge on any atom is 0.130 e. The number of nitrogens with two attached hydrogens (primary N) is 1. The van der Waals surface area contributed by atoms with Crippen molar-refractivity contribution in [2.24, 2.45) is 5.73 Å². The molecule has 0 spiro atoms. The number of hydrogen-bond donors (Lipinski definition) is 2. The van der Waals surface area contributed by atoms with Gasteiger partial charge in [-0.05, 0) is 35.6 Å². The van der Waals surface area contributed by atoms with Crippen molar-refractivity contribution in [1.82, 2.24) is 9.97 Å². The van der Waals surface area contributed by atoms with Gasteiger partial charge in [0.25, 0.3) is 0 Å². The Hall–Kier alpha value is -2.76. The molecule has 130 valence electrons. The quantitative estimate of drug-likeness (QED) is 0.538. The van der Waals surface area contributed by atoms with Crippen LogP contribution in [0.1, 0.15) is 17.2 Å². The minimum absolute atomic E-state index is 0.0816. The van der Waals surface area contributed by atoms with Crippen LogP contribution >= 0.6 is 11.3 Å². The molecule has 0 amide bonds. The predicted molar refractivity (Wildman–Crippen MR) is 109 cm³/mol. The number of nitrogens with one attached hydrogen (secondary N) is 1. The highest BCUT2D eigenvalue weighted by molar-refractivity contribution is 7.22. The molecule has 0 radical (unpaired) electrons. The molecule has 5 heteroatoms. The van der Waals surface area contributed by atoms with E-state index in [4.69, 9.17) is 5.73 Å². The second kappa shape index (κ2) is 7.23. The number of aryl methyl sites for hydroxylation is 1. The van der Waals surface area contributed by atoms with Crippen molar-refractivity contribution in [3.05, 3.63) is 78.1 Å². The number of rotatable bonds is 5. The van der Waals surface area contributed by atoms with Crippen LogP contribution in [-0.4, -0.2) is 16.5 Å². The minimum Gasteiger partial charge on any atom is -0.368 e. The van der Waals surface area contributed by atoms with Crippen LogP contribution in [0.15, 0.2) is 67.0 Å². The van der Waals surface area contributed by atoms with Gasteiger partial charge in [-0.25, -0.2) is 9.97 Å². The summed E-state index contributed by atoms with van der Waals surface area (Å²) in [5.74, 6) is 0.787. The molecule has 1 atom stereocenters. The Balaban J connectivity index is 1.52. The predicted octanol–water partition coefficient (Wildman–Crippen LogP) is 4.78. The number of anilines is 1. The summed E-state index contributed by atoms with van der Waals surface area (Å²) < 4.78 is 1.28. The van der Waals surface area contributed by atoms with Crippen LogP contribution in [0.2, 0.25) is 0 Å². The summed E-state index contributed by atoms with van der Waals surface area (Å²) >= 11 is 1.75. The van der Waals surface area contributed by atoms with Gasteiger partial charge >= 0.3 is 0 Å². The molecule has 4 aromatic rings. The Morgan fingerprint density at radius 1 is 1.04 bits per heavy atom. The van der Waals surface area contributed by atoms with Gasteiger partial charge in [0.1, 0.15) is 12.1 Å². The molecule has 0 unspecified atom stereocenters. The number of thiophene rings is 1. The van der Waals surface area contributed by atoms with Crippen LogP contribution in [0.25, 0.3) is 20.7 Å². The van der Waals surface area contributed by atoms with Gasteiger partial charge in [0.05, 0.1) is 10.6 Å². The van der Waals surface area contributed by atoms with Crippen LogP contribution in [0.4, 0.5) is 5.82 Å². The van der Waals surface area contributed by atoms with Gasteiger partial charge in [-0.1, -0.05) is 42.5 Å². The minimum atomic E-state index is -0.0816. The topological polar surface area (TPSA) is 63.8 Å². The van der Waals surface area contributed by atoms with E-state index in [9.17, 15) is 0 Å². The molecule has 0 saturated carbocycles. The van der Waals surface area contributed by atoms with Crippen LogP contribution in [0.3, 0.4) is 0 Å². The van der Waals surface area contributed by atoms with Gasteiger partial charge in [-0.2, -0.15) is 0 Å². The zero-order valence-corrected chi connectivity index (χ0v) is 15.3. The highest BCUT2D eigenvalue weighted by Crippen LogP contribution is 2.33. The van der Waals surface area contributed by atoms with E-state index in [0.717, 1.165) is 22.0 Å². The fraction of sp³-hybridized carbons (Fsp3) is 0.143. The second-order valence-corrected chi connectivity index (χ2v) is 7.42. The van der Waals surface area contributed by atoms with E-state index >= 15 is 0 Å². The highest BCUT2D eigenvalue weighted by Gasteiger charge is 2.09. The SMILES string of the molecule is Cc1ccc2cc(-c3cc(NC[C@H](N)c4ccccc4)ncn3)sc2c1. The lowest BCUT2D eigenvalue weighted by atomic mass is 10.1. The monoisotopic (exact) mass is 360 g/mol. The summed E-state index contributed by atoms with van der Waals surface area (Å²) in [5, 5.41) is 4.57. The highest BCUT2D eigenvalue weighted by atomic mass is 32.1. The fourth-order valence-electron chi connectivity index (χ4n) is 2.89.